The highest BCUT2D eigenvalue weighted by molar-refractivity contribution is 5.60. The highest BCUT2D eigenvalue weighted by Crippen LogP contribution is 2.45. The Morgan fingerprint density at radius 1 is 1.41 bits per heavy atom. The van der Waals surface area contributed by atoms with Crippen molar-refractivity contribution in [2.75, 3.05) is 25.6 Å². The maximum absolute atomic E-state index is 6.00. The number of anilines is 1. The summed E-state index contributed by atoms with van der Waals surface area (Å²) in [6.07, 6.45) is 2.57. The maximum atomic E-state index is 6.00. The molecule has 1 saturated carbocycles. The summed E-state index contributed by atoms with van der Waals surface area (Å²) in [5.41, 5.74) is 7.15. The van der Waals surface area contributed by atoms with Crippen LogP contribution in [0.2, 0.25) is 0 Å². The SMILES string of the molecule is COc1ccccc1N(C)C(C)(CN)C1CC1. The van der Waals surface area contributed by atoms with E-state index in [0.29, 0.717) is 12.5 Å². The van der Waals surface area contributed by atoms with Crippen molar-refractivity contribution < 1.29 is 4.74 Å². The van der Waals surface area contributed by atoms with Crippen LogP contribution < -0.4 is 15.4 Å². The van der Waals surface area contributed by atoms with E-state index >= 15 is 0 Å². The second-order valence-electron chi connectivity index (χ2n) is 5.07. The number of hydrogen-bond donors (Lipinski definition) is 1. The van der Waals surface area contributed by atoms with Crippen molar-refractivity contribution >= 4 is 5.69 Å². The van der Waals surface area contributed by atoms with E-state index in [2.05, 4.69) is 24.9 Å². The van der Waals surface area contributed by atoms with Crippen LogP contribution in [0.25, 0.3) is 0 Å². The predicted molar refractivity (Wildman–Crippen MR) is 71.6 cm³/mol. The van der Waals surface area contributed by atoms with Gasteiger partial charge in [0.05, 0.1) is 18.3 Å². The van der Waals surface area contributed by atoms with E-state index in [4.69, 9.17) is 10.5 Å². The fraction of sp³-hybridized carbons (Fsp3) is 0.571. The third-order valence-corrected chi connectivity index (χ3v) is 4.08. The molecule has 2 N–H and O–H groups in total. The smallest absolute Gasteiger partial charge is 0.142 e. The lowest BCUT2D eigenvalue weighted by Crippen LogP contribution is -2.52. The first kappa shape index (κ1) is 12.2. The number of nitrogens with two attached hydrogens (primary N) is 1. The molecule has 1 atom stereocenters. The standard InChI is InChI=1S/C14H22N2O/c1-14(10-15,11-8-9-11)16(2)12-6-4-5-7-13(12)17-3/h4-7,11H,8-10,15H2,1-3H3. The van der Waals surface area contributed by atoms with Crippen LogP contribution in [0.15, 0.2) is 24.3 Å². The van der Waals surface area contributed by atoms with Gasteiger partial charge in [0.15, 0.2) is 0 Å². The van der Waals surface area contributed by atoms with Crippen LogP contribution >= 0.6 is 0 Å². The van der Waals surface area contributed by atoms with Gasteiger partial charge in [-0.1, -0.05) is 12.1 Å². The van der Waals surface area contributed by atoms with E-state index in [-0.39, 0.29) is 5.54 Å². The van der Waals surface area contributed by atoms with Gasteiger partial charge in [-0.15, -0.1) is 0 Å². The lowest BCUT2D eigenvalue weighted by atomic mass is 9.93. The number of para-hydroxylation sites is 2. The minimum atomic E-state index is 0.0363. The molecule has 0 saturated heterocycles. The molecule has 17 heavy (non-hydrogen) atoms. The van der Waals surface area contributed by atoms with Crippen LogP contribution in [0.5, 0.6) is 5.75 Å². The first-order valence-electron chi connectivity index (χ1n) is 6.20. The van der Waals surface area contributed by atoms with Crippen molar-refractivity contribution in [1.29, 1.82) is 0 Å². The number of hydrogen-bond acceptors (Lipinski definition) is 3. The summed E-state index contributed by atoms with van der Waals surface area (Å²) in [5, 5.41) is 0. The first-order valence-corrected chi connectivity index (χ1v) is 6.20. The Labute approximate surface area is 104 Å². The highest BCUT2D eigenvalue weighted by Gasteiger charge is 2.44. The number of ether oxygens (including phenoxy) is 1. The molecule has 0 aliphatic heterocycles. The summed E-state index contributed by atoms with van der Waals surface area (Å²) in [6.45, 7) is 2.92. The Kier molecular flexibility index (Phi) is 3.29. The zero-order chi connectivity index (χ0) is 12.5. The maximum Gasteiger partial charge on any atom is 0.142 e. The average Bonchev–Trinajstić information content (AvgIpc) is 3.21. The third-order valence-electron chi connectivity index (χ3n) is 4.08. The molecule has 94 valence electrons. The quantitative estimate of drug-likeness (QED) is 0.849. The van der Waals surface area contributed by atoms with E-state index in [1.165, 1.54) is 12.8 Å². The molecule has 1 aromatic rings. The van der Waals surface area contributed by atoms with Gasteiger partial charge in [-0.2, -0.15) is 0 Å². The van der Waals surface area contributed by atoms with Crippen LogP contribution in [-0.4, -0.2) is 26.2 Å². The lowest BCUT2D eigenvalue weighted by molar-refractivity contribution is 0.381. The Hall–Kier alpha value is -1.22. The predicted octanol–water partition coefficient (Wildman–Crippen LogP) is 2.26. The normalized spacial score (nSPS) is 18.6. The van der Waals surface area contributed by atoms with Gasteiger partial charge < -0.3 is 15.4 Å². The molecular weight excluding hydrogens is 212 g/mol. The van der Waals surface area contributed by atoms with Crippen LogP contribution in [0.4, 0.5) is 5.69 Å². The van der Waals surface area contributed by atoms with Crippen molar-refractivity contribution in [3.8, 4) is 5.75 Å². The van der Waals surface area contributed by atoms with Crippen LogP contribution in [0.1, 0.15) is 19.8 Å². The van der Waals surface area contributed by atoms with E-state index < -0.39 is 0 Å². The molecule has 1 aliphatic carbocycles. The molecule has 0 radical (unpaired) electrons. The molecule has 0 bridgehead atoms. The first-order chi connectivity index (χ1) is 8.13. The topological polar surface area (TPSA) is 38.5 Å². The monoisotopic (exact) mass is 234 g/mol. The van der Waals surface area contributed by atoms with Crippen molar-refractivity contribution in [2.45, 2.75) is 25.3 Å². The number of likely N-dealkylation sites (N-methyl/N-ethyl adjacent to an activating group) is 1. The molecule has 1 aromatic carbocycles. The van der Waals surface area contributed by atoms with E-state index in [1.807, 2.05) is 18.2 Å². The summed E-state index contributed by atoms with van der Waals surface area (Å²) in [5.74, 6) is 1.62. The molecule has 1 unspecified atom stereocenters. The zero-order valence-corrected chi connectivity index (χ0v) is 10.9. The van der Waals surface area contributed by atoms with Gasteiger partial charge >= 0.3 is 0 Å². The summed E-state index contributed by atoms with van der Waals surface area (Å²) in [6, 6.07) is 8.12. The van der Waals surface area contributed by atoms with E-state index in [0.717, 1.165) is 11.4 Å². The molecule has 0 aromatic heterocycles. The van der Waals surface area contributed by atoms with Crippen LogP contribution in [0.3, 0.4) is 0 Å². The van der Waals surface area contributed by atoms with Crippen LogP contribution in [0, 0.1) is 5.92 Å². The summed E-state index contributed by atoms with van der Waals surface area (Å²) >= 11 is 0. The molecule has 2 rings (SSSR count). The van der Waals surface area contributed by atoms with E-state index in [1.54, 1.807) is 7.11 Å². The summed E-state index contributed by atoms with van der Waals surface area (Å²) < 4.78 is 5.42. The minimum Gasteiger partial charge on any atom is -0.495 e. The Balaban J connectivity index is 2.31. The van der Waals surface area contributed by atoms with E-state index in [9.17, 15) is 0 Å². The average molecular weight is 234 g/mol. The van der Waals surface area contributed by atoms with Gasteiger partial charge in [0, 0.05) is 13.6 Å². The second kappa shape index (κ2) is 4.57. The second-order valence-corrected chi connectivity index (χ2v) is 5.07. The summed E-state index contributed by atoms with van der Waals surface area (Å²) in [4.78, 5) is 2.28. The van der Waals surface area contributed by atoms with Gasteiger partial charge in [-0.25, -0.2) is 0 Å². The van der Waals surface area contributed by atoms with Crippen molar-refractivity contribution in [1.82, 2.24) is 0 Å². The zero-order valence-electron chi connectivity index (χ0n) is 10.9. The fourth-order valence-electron chi connectivity index (χ4n) is 2.46. The van der Waals surface area contributed by atoms with Gasteiger partial charge in [0.25, 0.3) is 0 Å². The Morgan fingerprint density at radius 3 is 2.59 bits per heavy atom. The van der Waals surface area contributed by atoms with Crippen molar-refractivity contribution in [3.05, 3.63) is 24.3 Å². The van der Waals surface area contributed by atoms with Gasteiger partial charge in [0.1, 0.15) is 5.75 Å². The van der Waals surface area contributed by atoms with Crippen LogP contribution in [-0.2, 0) is 0 Å². The number of methoxy groups -OCH3 is 1. The highest BCUT2D eigenvalue weighted by atomic mass is 16.5. The van der Waals surface area contributed by atoms with Gasteiger partial charge in [-0.05, 0) is 37.8 Å². The molecule has 0 spiro atoms. The molecule has 0 amide bonds. The lowest BCUT2D eigenvalue weighted by Gasteiger charge is -2.40. The van der Waals surface area contributed by atoms with Gasteiger partial charge in [0.2, 0.25) is 0 Å². The largest absolute Gasteiger partial charge is 0.495 e. The Morgan fingerprint density at radius 2 is 2.06 bits per heavy atom. The Bertz CT molecular complexity index is 390. The molecule has 3 heteroatoms. The van der Waals surface area contributed by atoms with Crippen molar-refractivity contribution in [2.24, 2.45) is 11.7 Å². The number of benzene rings is 1. The van der Waals surface area contributed by atoms with Crippen molar-refractivity contribution in [3.63, 3.8) is 0 Å². The number of rotatable bonds is 5. The number of nitrogens with zero attached hydrogens (tertiary/aromatic N) is 1. The molecule has 1 fully saturated rings. The minimum absolute atomic E-state index is 0.0363. The molecule has 1 aliphatic rings. The fourth-order valence-corrected chi connectivity index (χ4v) is 2.46. The third kappa shape index (κ3) is 2.12. The molecule has 3 nitrogen and oxygen atoms in total. The van der Waals surface area contributed by atoms with Gasteiger partial charge in [-0.3, -0.25) is 0 Å². The molecule has 0 heterocycles. The summed E-state index contributed by atoms with van der Waals surface area (Å²) in [7, 11) is 3.83. The molecular formula is C14H22N2O.